The van der Waals surface area contributed by atoms with Gasteiger partial charge in [0.2, 0.25) is 0 Å². The van der Waals surface area contributed by atoms with Crippen LogP contribution in [0.2, 0.25) is 5.02 Å². The van der Waals surface area contributed by atoms with E-state index in [9.17, 15) is 4.79 Å². The molecule has 112 valence electrons. The summed E-state index contributed by atoms with van der Waals surface area (Å²) in [5, 5.41) is 1.79. The molecule has 0 N–H and O–H groups in total. The average Bonchev–Trinajstić information content (AvgIpc) is 3.08. The fourth-order valence-corrected chi connectivity index (χ4v) is 5.42. The highest BCUT2D eigenvalue weighted by atomic mass is 35.5. The molecule has 1 aromatic carbocycles. The third-order valence-electron chi connectivity index (χ3n) is 5.14. The van der Waals surface area contributed by atoms with Crippen LogP contribution in [-0.2, 0) is 0 Å². The minimum atomic E-state index is 0.139. The van der Waals surface area contributed by atoms with Gasteiger partial charge in [0.1, 0.15) is 0 Å². The van der Waals surface area contributed by atoms with Gasteiger partial charge in [-0.15, -0.1) is 11.3 Å². The molecule has 3 nitrogen and oxygen atoms in total. The Balaban J connectivity index is 1.54. The molecule has 2 aromatic rings. The second kappa shape index (κ2) is 4.49. The monoisotopic (exact) mass is 330 g/mol. The third-order valence-corrected chi connectivity index (χ3v) is 6.74. The summed E-state index contributed by atoms with van der Waals surface area (Å²) in [7, 11) is 0. The van der Waals surface area contributed by atoms with Gasteiger partial charge in [-0.1, -0.05) is 23.7 Å². The van der Waals surface area contributed by atoms with E-state index >= 15 is 0 Å². The van der Waals surface area contributed by atoms with Crippen LogP contribution < -0.4 is 0 Å². The van der Waals surface area contributed by atoms with Crippen LogP contribution in [0.1, 0.15) is 16.1 Å². The Kier molecular flexibility index (Phi) is 2.65. The number of carbonyl (C=O) groups excluding carboxylic acids is 1. The number of nitrogens with zero attached hydrogens (tertiary/aromatic N) is 2. The summed E-state index contributed by atoms with van der Waals surface area (Å²) < 4.78 is 1.01. The van der Waals surface area contributed by atoms with Crippen molar-refractivity contribution in [2.24, 2.45) is 11.8 Å². The lowest BCUT2D eigenvalue weighted by atomic mass is 9.84. The molecule has 2 saturated heterocycles. The van der Waals surface area contributed by atoms with Gasteiger partial charge in [-0.2, -0.15) is 0 Å². The van der Waals surface area contributed by atoms with Crippen molar-refractivity contribution in [1.29, 1.82) is 0 Å². The van der Waals surface area contributed by atoms with Gasteiger partial charge >= 0.3 is 0 Å². The fraction of sp³-hybridized carbons (Fsp3) is 0.353. The lowest BCUT2D eigenvalue weighted by Gasteiger charge is -2.39. The van der Waals surface area contributed by atoms with Gasteiger partial charge in [-0.25, -0.2) is 0 Å². The zero-order valence-corrected chi connectivity index (χ0v) is 13.5. The first-order valence-corrected chi connectivity index (χ1v) is 8.86. The van der Waals surface area contributed by atoms with Crippen LogP contribution in [0.5, 0.6) is 0 Å². The van der Waals surface area contributed by atoms with Crippen molar-refractivity contribution in [2.45, 2.75) is 6.42 Å². The number of amides is 1. The van der Waals surface area contributed by atoms with Crippen LogP contribution in [0.15, 0.2) is 36.2 Å². The molecule has 4 aliphatic heterocycles. The second-order valence-corrected chi connectivity index (χ2v) is 7.85. The number of benzene rings is 1. The molecule has 0 radical (unpaired) electrons. The first-order valence-electron chi connectivity index (χ1n) is 7.66. The maximum absolute atomic E-state index is 13.0. The molecular weight excluding hydrogens is 316 g/mol. The number of likely N-dealkylation sites (tertiary alicyclic amines) is 1. The number of halogens is 1. The Bertz CT molecular complexity index is 827. The molecule has 22 heavy (non-hydrogen) atoms. The van der Waals surface area contributed by atoms with Gasteiger partial charge in [-0.3, -0.25) is 4.79 Å². The molecule has 0 saturated carbocycles. The van der Waals surface area contributed by atoms with E-state index in [0.29, 0.717) is 11.8 Å². The van der Waals surface area contributed by atoms with Gasteiger partial charge in [0.25, 0.3) is 5.91 Å². The minimum absolute atomic E-state index is 0.139. The SMILES string of the molecule is O=C(c1cc2cccc(Cl)c2s1)N1C[C@@H]2CN3C=C1[C@H]2CC3. The number of hydrogen-bond acceptors (Lipinski definition) is 3. The quantitative estimate of drug-likeness (QED) is 0.794. The van der Waals surface area contributed by atoms with Gasteiger partial charge in [0, 0.05) is 43.4 Å². The van der Waals surface area contributed by atoms with Gasteiger partial charge in [0.05, 0.1) is 14.6 Å². The number of allylic oxidation sites excluding steroid dienone is 1. The zero-order valence-electron chi connectivity index (χ0n) is 12.0. The van der Waals surface area contributed by atoms with E-state index in [2.05, 4.69) is 11.1 Å². The second-order valence-electron chi connectivity index (χ2n) is 6.39. The van der Waals surface area contributed by atoms with Crippen molar-refractivity contribution >= 4 is 38.9 Å². The van der Waals surface area contributed by atoms with E-state index < -0.39 is 0 Å². The Morgan fingerprint density at radius 2 is 2.23 bits per heavy atom. The van der Waals surface area contributed by atoms with Crippen LogP contribution in [0.3, 0.4) is 0 Å². The smallest absolute Gasteiger partial charge is 0.268 e. The summed E-state index contributed by atoms with van der Waals surface area (Å²) in [5.41, 5.74) is 1.23. The molecule has 0 spiro atoms. The summed E-state index contributed by atoms with van der Waals surface area (Å²) in [4.78, 5) is 18.2. The number of piperidine rings is 1. The largest absolute Gasteiger partial charge is 0.376 e. The topological polar surface area (TPSA) is 23.6 Å². The molecule has 0 aliphatic carbocycles. The molecule has 2 atom stereocenters. The van der Waals surface area contributed by atoms with E-state index in [1.165, 1.54) is 23.5 Å². The molecule has 4 bridgehead atoms. The van der Waals surface area contributed by atoms with E-state index in [4.69, 9.17) is 11.6 Å². The fourth-order valence-electron chi connectivity index (χ4n) is 4.11. The molecule has 6 rings (SSSR count). The van der Waals surface area contributed by atoms with E-state index in [0.717, 1.165) is 39.6 Å². The van der Waals surface area contributed by atoms with Crippen molar-refractivity contribution < 1.29 is 4.79 Å². The summed E-state index contributed by atoms with van der Waals surface area (Å²) >= 11 is 7.75. The maximum atomic E-state index is 13.0. The van der Waals surface area contributed by atoms with E-state index in [-0.39, 0.29) is 5.91 Å². The predicted octanol–water partition coefficient (Wildman–Crippen LogP) is 3.80. The van der Waals surface area contributed by atoms with Crippen LogP contribution >= 0.6 is 22.9 Å². The number of thiophene rings is 1. The summed E-state index contributed by atoms with van der Waals surface area (Å²) in [5.74, 6) is 1.35. The molecule has 2 fully saturated rings. The van der Waals surface area contributed by atoms with Crippen molar-refractivity contribution in [3.05, 3.63) is 46.1 Å². The molecule has 1 amide bonds. The highest BCUT2D eigenvalue weighted by molar-refractivity contribution is 7.21. The molecule has 5 heterocycles. The molecule has 4 aliphatic rings. The highest BCUT2D eigenvalue weighted by Gasteiger charge is 2.46. The molecular formula is C17H15ClN2OS. The first-order chi connectivity index (χ1) is 10.7. The van der Waals surface area contributed by atoms with Crippen molar-refractivity contribution in [2.75, 3.05) is 19.6 Å². The average molecular weight is 331 g/mol. The standard InChI is InChI=1S/C17H15ClN2OS/c18-13-3-1-2-10-6-15(22-16(10)13)17(21)20-8-11-7-19-5-4-12(11)14(20)9-19/h1-3,6,9,11-12H,4-5,7-8H2/t11-,12-/m0/s1. The Morgan fingerprint density at radius 1 is 1.32 bits per heavy atom. The summed E-state index contributed by atoms with van der Waals surface area (Å²) in [6.07, 6.45) is 3.40. The van der Waals surface area contributed by atoms with Crippen molar-refractivity contribution in [3.8, 4) is 0 Å². The van der Waals surface area contributed by atoms with Gasteiger partial charge in [-0.05, 0) is 23.9 Å². The Morgan fingerprint density at radius 3 is 3.00 bits per heavy atom. The maximum Gasteiger partial charge on any atom is 0.268 e. The van der Waals surface area contributed by atoms with Crippen LogP contribution in [-0.4, -0.2) is 35.3 Å². The van der Waals surface area contributed by atoms with Gasteiger partial charge in [0.15, 0.2) is 0 Å². The number of rotatable bonds is 1. The lowest BCUT2D eigenvalue weighted by Crippen LogP contribution is -2.40. The number of fused-ring (bicyclic) bond motifs is 2. The Hall–Kier alpha value is -1.52. The summed E-state index contributed by atoms with van der Waals surface area (Å²) in [6, 6.07) is 7.81. The molecule has 0 unspecified atom stereocenters. The van der Waals surface area contributed by atoms with E-state index in [1.807, 2.05) is 29.2 Å². The Labute approximate surface area is 137 Å². The first kappa shape index (κ1) is 13.0. The summed E-state index contributed by atoms with van der Waals surface area (Å²) in [6.45, 7) is 3.12. The van der Waals surface area contributed by atoms with Crippen molar-refractivity contribution in [1.82, 2.24) is 9.80 Å². The zero-order chi connectivity index (χ0) is 14.8. The molecule has 1 aromatic heterocycles. The predicted molar refractivity (Wildman–Crippen MR) is 89.1 cm³/mol. The number of carbonyl (C=O) groups is 1. The van der Waals surface area contributed by atoms with E-state index in [1.54, 1.807) is 0 Å². The highest BCUT2D eigenvalue weighted by Crippen LogP contribution is 2.44. The number of hydrogen-bond donors (Lipinski definition) is 0. The van der Waals surface area contributed by atoms with Crippen molar-refractivity contribution in [3.63, 3.8) is 0 Å². The third kappa shape index (κ3) is 1.71. The van der Waals surface area contributed by atoms with Crippen LogP contribution in [0, 0.1) is 11.8 Å². The normalized spacial score (nSPS) is 26.0. The van der Waals surface area contributed by atoms with Crippen LogP contribution in [0.4, 0.5) is 0 Å². The van der Waals surface area contributed by atoms with Crippen LogP contribution in [0.25, 0.3) is 10.1 Å². The van der Waals surface area contributed by atoms with Gasteiger partial charge < -0.3 is 9.80 Å². The molecule has 5 heteroatoms. The minimum Gasteiger partial charge on any atom is -0.376 e. The lowest BCUT2D eigenvalue weighted by molar-refractivity contribution is 0.0825.